The molecule has 0 aliphatic carbocycles. The van der Waals surface area contributed by atoms with E-state index in [1.54, 1.807) is 36.5 Å². The molecule has 0 bridgehead atoms. The zero-order valence-electron chi connectivity index (χ0n) is 14.4. The molecule has 0 spiro atoms. The predicted octanol–water partition coefficient (Wildman–Crippen LogP) is 2.75. The molecule has 2 aromatic heterocycles. The van der Waals surface area contributed by atoms with Crippen molar-refractivity contribution in [3.63, 3.8) is 0 Å². The third-order valence-electron chi connectivity index (χ3n) is 4.99. The average molecular weight is 369 g/mol. The standard InChI is InChI=1S/C19H19N3O3S/c1-2-21-18(24)14-6-5-12(10-15(14)20-19(21)25)17(23)22-8-3-4-16(22)13-7-9-26-11-13/h5-7,9-11,16H,2-4,8H2,1H3,(H,20,25). The number of aromatic amines is 1. The third-order valence-corrected chi connectivity index (χ3v) is 5.69. The minimum atomic E-state index is -0.452. The van der Waals surface area contributed by atoms with Crippen LogP contribution in [-0.4, -0.2) is 26.9 Å². The van der Waals surface area contributed by atoms with Gasteiger partial charge in [-0.2, -0.15) is 11.3 Å². The van der Waals surface area contributed by atoms with Crippen LogP contribution < -0.4 is 11.2 Å². The smallest absolute Gasteiger partial charge is 0.328 e. The van der Waals surface area contributed by atoms with E-state index in [1.807, 2.05) is 10.3 Å². The van der Waals surface area contributed by atoms with Crippen LogP contribution in [0.25, 0.3) is 10.9 Å². The van der Waals surface area contributed by atoms with Crippen LogP contribution in [-0.2, 0) is 6.54 Å². The number of nitrogens with one attached hydrogen (secondary N) is 1. The predicted molar refractivity (Wildman–Crippen MR) is 102 cm³/mol. The highest BCUT2D eigenvalue weighted by atomic mass is 32.1. The molecule has 1 N–H and O–H groups in total. The van der Waals surface area contributed by atoms with Gasteiger partial charge < -0.3 is 9.88 Å². The first kappa shape index (κ1) is 16.8. The molecule has 1 aromatic carbocycles. The molecule has 1 amide bonds. The molecule has 1 atom stereocenters. The van der Waals surface area contributed by atoms with Crippen LogP contribution in [0, 0.1) is 0 Å². The van der Waals surface area contributed by atoms with Crippen molar-refractivity contribution >= 4 is 28.1 Å². The summed E-state index contributed by atoms with van der Waals surface area (Å²) in [5.41, 5.74) is 1.28. The van der Waals surface area contributed by atoms with Crippen LogP contribution >= 0.6 is 11.3 Å². The Morgan fingerprint density at radius 2 is 2.15 bits per heavy atom. The van der Waals surface area contributed by atoms with Gasteiger partial charge in [0.15, 0.2) is 0 Å². The number of thiophene rings is 1. The Morgan fingerprint density at radius 3 is 2.88 bits per heavy atom. The molecule has 1 fully saturated rings. The van der Waals surface area contributed by atoms with E-state index in [9.17, 15) is 14.4 Å². The SMILES string of the molecule is CCn1c(=O)[nH]c2cc(C(=O)N3CCCC3c3ccsc3)ccc2c1=O. The minimum Gasteiger partial charge on any atom is -0.332 e. The lowest BCUT2D eigenvalue weighted by atomic mass is 10.1. The number of H-pyrrole nitrogens is 1. The Labute approximate surface area is 153 Å². The Bertz CT molecular complexity index is 1080. The Morgan fingerprint density at radius 1 is 1.31 bits per heavy atom. The third kappa shape index (κ3) is 2.68. The summed E-state index contributed by atoms with van der Waals surface area (Å²) in [6.45, 7) is 2.77. The van der Waals surface area contributed by atoms with Gasteiger partial charge in [0.05, 0.1) is 16.9 Å². The van der Waals surface area contributed by atoms with Crippen LogP contribution in [0.3, 0.4) is 0 Å². The molecule has 1 unspecified atom stereocenters. The Kier molecular flexibility index (Phi) is 4.24. The lowest BCUT2D eigenvalue weighted by Gasteiger charge is -2.24. The molecule has 7 heteroatoms. The van der Waals surface area contributed by atoms with Gasteiger partial charge >= 0.3 is 5.69 Å². The Hall–Kier alpha value is -2.67. The number of nitrogens with zero attached hydrogens (tertiary/aromatic N) is 2. The Balaban J connectivity index is 1.73. The van der Waals surface area contributed by atoms with E-state index >= 15 is 0 Å². The van der Waals surface area contributed by atoms with E-state index in [4.69, 9.17) is 0 Å². The van der Waals surface area contributed by atoms with E-state index in [1.165, 1.54) is 5.56 Å². The van der Waals surface area contributed by atoms with E-state index < -0.39 is 5.69 Å². The van der Waals surface area contributed by atoms with Gasteiger partial charge in [-0.05, 0) is 60.4 Å². The number of hydrogen-bond donors (Lipinski definition) is 1. The van der Waals surface area contributed by atoms with E-state index in [0.29, 0.717) is 29.6 Å². The molecular weight excluding hydrogens is 350 g/mol. The van der Waals surface area contributed by atoms with Crippen LogP contribution in [0.2, 0.25) is 0 Å². The van der Waals surface area contributed by atoms with Crippen molar-refractivity contribution in [2.75, 3.05) is 6.54 Å². The second-order valence-electron chi connectivity index (χ2n) is 6.45. The zero-order chi connectivity index (χ0) is 18.3. The summed E-state index contributed by atoms with van der Waals surface area (Å²) in [4.78, 5) is 42.1. The fraction of sp³-hybridized carbons (Fsp3) is 0.316. The molecule has 4 rings (SSSR count). The maximum atomic E-state index is 13.0. The summed E-state index contributed by atoms with van der Waals surface area (Å²) in [6.07, 6.45) is 1.92. The summed E-state index contributed by atoms with van der Waals surface area (Å²) >= 11 is 1.63. The molecule has 0 radical (unpaired) electrons. The van der Waals surface area contributed by atoms with Gasteiger partial charge in [-0.15, -0.1) is 0 Å². The number of aromatic nitrogens is 2. The van der Waals surface area contributed by atoms with Crippen molar-refractivity contribution < 1.29 is 4.79 Å². The van der Waals surface area contributed by atoms with Gasteiger partial charge in [0.2, 0.25) is 0 Å². The first-order chi connectivity index (χ1) is 12.6. The van der Waals surface area contributed by atoms with Gasteiger partial charge in [-0.1, -0.05) is 0 Å². The molecule has 1 saturated heterocycles. The molecule has 26 heavy (non-hydrogen) atoms. The van der Waals surface area contributed by atoms with Crippen LogP contribution in [0.4, 0.5) is 0 Å². The minimum absolute atomic E-state index is 0.0684. The van der Waals surface area contributed by atoms with Gasteiger partial charge in [-0.25, -0.2) is 4.79 Å². The average Bonchev–Trinajstić information content (AvgIpc) is 3.32. The second-order valence-corrected chi connectivity index (χ2v) is 7.23. The molecule has 0 saturated carbocycles. The van der Waals surface area contributed by atoms with Gasteiger partial charge in [0.25, 0.3) is 11.5 Å². The molecule has 3 aromatic rings. The lowest BCUT2D eigenvalue weighted by molar-refractivity contribution is 0.0736. The number of rotatable bonds is 3. The topological polar surface area (TPSA) is 75.2 Å². The summed E-state index contributed by atoms with van der Waals surface area (Å²) < 4.78 is 1.15. The van der Waals surface area contributed by atoms with Crippen molar-refractivity contribution in [3.8, 4) is 0 Å². The van der Waals surface area contributed by atoms with E-state index in [0.717, 1.165) is 17.4 Å². The number of benzene rings is 1. The van der Waals surface area contributed by atoms with E-state index in [2.05, 4.69) is 16.4 Å². The lowest BCUT2D eigenvalue weighted by Crippen LogP contribution is -2.34. The number of carbonyl (C=O) groups is 1. The van der Waals surface area contributed by atoms with Gasteiger partial charge in [0, 0.05) is 18.7 Å². The van der Waals surface area contributed by atoms with Crippen LogP contribution in [0.5, 0.6) is 0 Å². The number of fused-ring (bicyclic) bond motifs is 1. The largest absolute Gasteiger partial charge is 0.332 e. The quantitative estimate of drug-likeness (QED) is 0.771. The van der Waals surface area contributed by atoms with Crippen LogP contribution in [0.1, 0.15) is 41.7 Å². The van der Waals surface area contributed by atoms with Gasteiger partial charge in [0.1, 0.15) is 0 Å². The highest BCUT2D eigenvalue weighted by Gasteiger charge is 2.31. The zero-order valence-corrected chi connectivity index (χ0v) is 15.2. The van der Waals surface area contributed by atoms with Crippen LogP contribution in [0.15, 0.2) is 44.6 Å². The first-order valence-corrected chi connectivity index (χ1v) is 9.64. The summed E-state index contributed by atoms with van der Waals surface area (Å²) in [5, 5.41) is 4.52. The molecular formula is C19H19N3O3S. The molecule has 1 aliphatic heterocycles. The molecule has 134 valence electrons. The number of carbonyl (C=O) groups excluding carboxylic acids is 1. The van der Waals surface area contributed by atoms with E-state index in [-0.39, 0.29) is 17.5 Å². The van der Waals surface area contributed by atoms with Crippen molar-refractivity contribution in [2.24, 2.45) is 0 Å². The highest BCUT2D eigenvalue weighted by molar-refractivity contribution is 7.08. The van der Waals surface area contributed by atoms with Crippen molar-refractivity contribution in [3.05, 3.63) is 67.0 Å². The van der Waals surface area contributed by atoms with Crippen molar-refractivity contribution in [1.29, 1.82) is 0 Å². The molecule has 1 aliphatic rings. The second kappa shape index (κ2) is 6.57. The fourth-order valence-corrected chi connectivity index (χ4v) is 4.37. The normalized spacial score (nSPS) is 17.1. The summed E-state index contributed by atoms with van der Waals surface area (Å²) in [7, 11) is 0. The molecule has 3 heterocycles. The number of hydrogen-bond acceptors (Lipinski definition) is 4. The number of likely N-dealkylation sites (tertiary alicyclic amines) is 1. The summed E-state index contributed by atoms with van der Waals surface area (Å²) in [6, 6.07) is 7.07. The highest BCUT2D eigenvalue weighted by Crippen LogP contribution is 2.34. The maximum Gasteiger partial charge on any atom is 0.328 e. The molecule has 6 nitrogen and oxygen atoms in total. The van der Waals surface area contributed by atoms with Crippen molar-refractivity contribution in [2.45, 2.75) is 32.4 Å². The first-order valence-electron chi connectivity index (χ1n) is 8.70. The maximum absolute atomic E-state index is 13.0. The fourth-order valence-electron chi connectivity index (χ4n) is 3.66. The van der Waals surface area contributed by atoms with Gasteiger partial charge in [-0.3, -0.25) is 14.2 Å². The van der Waals surface area contributed by atoms with Crippen molar-refractivity contribution in [1.82, 2.24) is 14.5 Å². The number of amides is 1. The monoisotopic (exact) mass is 369 g/mol. The summed E-state index contributed by atoms with van der Waals surface area (Å²) in [5.74, 6) is -0.0684.